The zero-order valence-corrected chi connectivity index (χ0v) is 15.6. The summed E-state index contributed by atoms with van der Waals surface area (Å²) in [6.45, 7) is 2.19. The van der Waals surface area contributed by atoms with E-state index in [0.717, 1.165) is 15.4 Å². The van der Waals surface area contributed by atoms with Crippen LogP contribution >= 0.6 is 15.9 Å². The zero-order chi connectivity index (χ0) is 18.3. The normalized spacial score (nSPS) is 16.8. The molecule has 1 aromatic carbocycles. The summed E-state index contributed by atoms with van der Waals surface area (Å²) < 4.78 is 25.4. The van der Waals surface area contributed by atoms with Crippen LogP contribution in [0.1, 0.15) is 23.1 Å². The van der Waals surface area contributed by atoms with Crippen LogP contribution in [-0.4, -0.2) is 24.5 Å². The van der Waals surface area contributed by atoms with Crippen LogP contribution < -0.4 is 10.1 Å². The number of halogens is 2. The van der Waals surface area contributed by atoms with Gasteiger partial charge in [-0.15, -0.1) is 0 Å². The lowest BCUT2D eigenvalue weighted by Gasteiger charge is -2.23. The monoisotopic (exact) mass is 419 g/mol. The molecule has 8 heteroatoms. The third-order valence-electron chi connectivity index (χ3n) is 4.21. The largest absolute Gasteiger partial charge is 0.480 e. The molecule has 3 aromatic rings. The number of rotatable bonds is 3. The van der Waals surface area contributed by atoms with Gasteiger partial charge in [0.25, 0.3) is 0 Å². The van der Waals surface area contributed by atoms with Crippen LogP contribution in [0, 0.1) is 12.7 Å². The number of oxime groups is 1. The quantitative estimate of drug-likeness (QED) is 0.692. The first-order chi connectivity index (χ1) is 12.6. The van der Waals surface area contributed by atoms with Crippen molar-refractivity contribution >= 4 is 32.7 Å². The van der Waals surface area contributed by atoms with Gasteiger partial charge in [-0.2, -0.15) is 0 Å². The minimum absolute atomic E-state index is 0.269. The SMILES string of the molecule is COc1nc(C2=NOCC(c3oc4ccc(F)cc4c3C)N2)ccc1Br. The van der Waals surface area contributed by atoms with Gasteiger partial charge in [-0.3, -0.25) is 0 Å². The maximum Gasteiger partial charge on any atom is 0.228 e. The molecule has 0 bridgehead atoms. The number of fused-ring (bicyclic) bond motifs is 1. The fourth-order valence-electron chi connectivity index (χ4n) is 2.91. The highest BCUT2D eigenvalue weighted by molar-refractivity contribution is 9.10. The average molecular weight is 420 g/mol. The molecule has 1 N–H and O–H groups in total. The lowest BCUT2D eigenvalue weighted by Crippen LogP contribution is -2.36. The topological polar surface area (TPSA) is 68.9 Å². The van der Waals surface area contributed by atoms with Gasteiger partial charge in [0, 0.05) is 10.9 Å². The van der Waals surface area contributed by atoms with Gasteiger partial charge in [-0.25, -0.2) is 9.37 Å². The Labute approximate surface area is 157 Å². The van der Waals surface area contributed by atoms with Gasteiger partial charge in [0.15, 0.2) is 5.84 Å². The Morgan fingerprint density at radius 2 is 2.15 bits per heavy atom. The second kappa shape index (κ2) is 6.60. The van der Waals surface area contributed by atoms with E-state index in [9.17, 15) is 4.39 Å². The standard InChI is InChI=1S/C18H15BrFN3O3/c1-9-11-7-10(20)3-6-15(11)26-16(9)14-8-25-23-17(21-14)13-5-4-12(19)18(22-13)24-2/h3-7,14H,8H2,1-2H3,(H,21,23). The molecule has 0 saturated carbocycles. The molecule has 3 heterocycles. The number of hydrogen-bond acceptors (Lipinski definition) is 6. The minimum Gasteiger partial charge on any atom is -0.480 e. The van der Waals surface area contributed by atoms with Crippen molar-refractivity contribution in [2.75, 3.05) is 13.7 Å². The fourth-order valence-corrected chi connectivity index (χ4v) is 3.30. The summed E-state index contributed by atoms with van der Waals surface area (Å²) in [5.74, 6) is 1.30. The van der Waals surface area contributed by atoms with Crippen molar-refractivity contribution in [3.63, 3.8) is 0 Å². The number of amidine groups is 1. The van der Waals surface area contributed by atoms with E-state index >= 15 is 0 Å². The molecule has 0 spiro atoms. The van der Waals surface area contributed by atoms with Crippen LogP contribution in [-0.2, 0) is 4.84 Å². The van der Waals surface area contributed by atoms with Gasteiger partial charge >= 0.3 is 0 Å². The Balaban J connectivity index is 1.67. The number of nitrogens with zero attached hydrogens (tertiary/aromatic N) is 2. The number of aromatic nitrogens is 1. The summed E-state index contributed by atoms with van der Waals surface area (Å²) in [7, 11) is 1.54. The van der Waals surface area contributed by atoms with Crippen molar-refractivity contribution < 1.29 is 18.4 Å². The smallest absolute Gasteiger partial charge is 0.228 e. The van der Waals surface area contributed by atoms with Crippen LogP contribution in [0.5, 0.6) is 5.88 Å². The van der Waals surface area contributed by atoms with E-state index in [1.54, 1.807) is 19.2 Å². The van der Waals surface area contributed by atoms with Crippen molar-refractivity contribution in [1.82, 2.24) is 10.3 Å². The Morgan fingerprint density at radius 1 is 1.31 bits per heavy atom. The number of furan rings is 1. The number of aryl methyl sites for hydroxylation is 1. The first-order valence-electron chi connectivity index (χ1n) is 7.92. The highest BCUT2D eigenvalue weighted by atomic mass is 79.9. The molecular weight excluding hydrogens is 405 g/mol. The number of benzene rings is 1. The van der Waals surface area contributed by atoms with E-state index in [0.29, 0.717) is 35.4 Å². The van der Waals surface area contributed by atoms with Crippen molar-refractivity contribution in [2.24, 2.45) is 5.16 Å². The van der Waals surface area contributed by atoms with E-state index in [1.807, 2.05) is 13.0 Å². The van der Waals surface area contributed by atoms with E-state index in [2.05, 4.69) is 31.4 Å². The maximum atomic E-state index is 13.5. The van der Waals surface area contributed by atoms with Crippen LogP contribution in [0.25, 0.3) is 11.0 Å². The second-order valence-corrected chi connectivity index (χ2v) is 6.71. The van der Waals surface area contributed by atoms with Crippen molar-refractivity contribution in [1.29, 1.82) is 0 Å². The Bertz CT molecular complexity index is 1020. The summed E-state index contributed by atoms with van der Waals surface area (Å²) in [6.07, 6.45) is 0. The summed E-state index contributed by atoms with van der Waals surface area (Å²) in [6, 6.07) is 7.83. The lowest BCUT2D eigenvalue weighted by atomic mass is 10.1. The summed E-state index contributed by atoms with van der Waals surface area (Å²) in [5, 5.41) is 8.07. The predicted molar refractivity (Wildman–Crippen MR) is 97.8 cm³/mol. The second-order valence-electron chi connectivity index (χ2n) is 5.85. The number of ether oxygens (including phenoxy) is 1. The average Bonchev–Trinajstić information content (AvgIpc) is 2.98. The van der Waals surface area contributed by atoms with Gasteiger partial charge in [0.05, 0.1) is 11.6 Å². The van der Waals surface area contributed by atoms with Gasteiger partial charge in [-0.05, 0) is 53.2 Å². The molecule has 4 rings (SSSR count). The lowest BCUT2D eigenvalue weighted by molar-refractivity contribution is 0.103. The molecule has 0 radical (unpaired) electrons. The van der Waals surface area contributed by atoms with E-state index in [4.69, 9.17) is 14.0 Å². The molecule has 0 aliphatic carbocycles. The molecule has 0 amide bonds. The molecule has 1 unspecified atom stereocenters. The van der Waals surface area contributed by atoms with Gasteiger partial charge in [-0.1, -0.05) is 5.16 Å². The maximum absolute atomic E-state index is 13.5. The highest BCUT2D eigenvalue weighted by Gasteiger charge is 2.27. The number of methoxy groups -OCH3 is 1. The predicted octanol–water partition coefficient (Wildman–Crippen LogP) is 4.07. The molecule has 1 atom stereocenters. The van der Waals surface area contributed by atoms with Crippen molar-refractivity contribution in [3.05, 3.63) is 57.6 Å². The van der Waals surface area contributed by atoms with Crippen molar-refractivity contribution in [2.45, 2.75) is 13.0 Å². The molecule has 0 fully saturated rings. The summed E-state index contributed by atoms with van der Waals surface area (Å²) in [5.41, 5.74) is 2.07. The molecule has 1 aliphatic rings. The van der Waals surface area contributed by atoms with Crippen molar-refractivity contribution in [3.8, 4) is 5.88 Å². The highest BCUT2D eigenvalue weighted by Crippen LogP contribution is 2.31. The number of nitrogens with one attached hydrogen (secondary N) is 1. The molecular formula is C18H15BrFN3O3. The molecule has 0 saturated heterocycles. The van der Waals surface area contributed by atoms with Gasteiger partial charge < -0.3 is 19.3 Å². The fraction of sp³-hybridized carbons (Fsp3) is 0.222. The van der Waals surface area contributed by atoms with E-state index in [-0.39, 0.29) is 11.9 Å². The third-order valence-corrected chi connectivity index (χ3v) is 4.81. The van der Waals surface area contributed by atoms with Gasteiger partial charge in [0.1, 0.15) is 35.5 Å². The molecule has 134 valence electrons. The van der Waals surface area contributed by atoms with Crippen LogP contribution in [0.4, 0.5) is 4.39 Å². The molecule has 6 nitrogen and oxygen atoms in total. The molecule has 1 aliphatic heterocycles. The Hall–Kier alpha value is -2.61. The summed E-state index contributed by atoms with van der Waals surface area (Å²) >= 11 is 3.37. The van der Waals surface area contributed by atoms with E-state index in [1.165, 1.54) is 12.1 Å². The Morgan fingerprint density at radius 3 is 2.96 bits per heavy atom. The van der Waals surface area contributed by atoms with Crippen LogP contribution in [0.2, 0.25) is 0 Å². The minimum atomic E-state index is -0.297. The number of hydrogen-bond donors (Lipinski definition) is 1. The summed E-state index contributed by atoms with van der Waals surface area (Å²) in [4.78, 5) is 9.78. The van der Waals surface area contributed by atoms with Gasteiger partial charge in [0.2, 0.25) is 5.88 Å². The van der Waals surface area contributed by atoms with E-state index < -0.39 is 0 Å². The molecule has 26 heavy (non-hydrogen) atoms. The first-order valence-corrected chi connectivity index (χ1v) is 8.72. The third kappa shape index (κ3) is 2.90. The van der Waals surface area contributed by atoms with Crippen LogP contribution in [0.15, 0.2) is 44.4 Å². The Kier molecular flexibility index (Phi) is 4.28. The number of pyridine rings is 1. The molecule has 2 aromatic heterocycles. The zero-order valence-electron chi connectivity index (χ0n) is 14.0. The van der Waals surface area contributed by atoms with Crippen LogP contribution in [0.3, 0.4) is 0 Å². The first kappa shape index (κ1) is 16.8.